The van der Waals surface area contributed by atoms with E-state index >= 15 is 0 Å². The fourth-order valence-corrected chi connectivity index (χ4v) is 4.41. The zero-order valence-electron chi connectivity index (χ0n) is 11.8. The summed E-state index contributed by atoms with van der Waals surface area (Å²) in [5.74, 6) is 0.657. The summed E-state index contributed by atoms with van der Waals surface area (Å²) in [5, 5.41) is 0. The van der Waals surface area contributed by atoms with Gasteiger partial charge >= 0.3 is 0 Å². The molecule has 0 bridgehead atoms. The highest BCUT2D eigenvalue weighted by Gasteiger charge is 2.33. The molecule has 0 N–H and O–H groups in total. The van der Waals surface area contributed by atoms with Crippen LogP contribution in [0.1, 0.15) is 13.3 Å². The average Bonchev–Trinajstić information content (AvgIpc) is 2.79. The Hall–Kier alpha value is -1.08. The first-order chi connectivity index (χ1) is 9.91. The first kappa shape index (κ1) is 16.3. The van der Waals surface area contributed by atoms with Gasteiger partial charge in [-0.1, -0.05) is 15.9 Å². The maximum Gasteiger partial charge on any atom is 0.260 e. The Kier molecular flexibility index (Phi) is 5.27. The monoisotopic (exact) mass is 375 g/mol. The lowest BCUT2D eigenvalue weighted by atomic mass is 10.2. The Morgan fingerprint density at radius 1 is 1.38 bits per heavy atom. The lowest BCUT2D eigenvalue weighted by Gasteiger charge is -2.26. The maximum atomic E-state index is 12.2. The summed E-state index contributed by atoms with van der Waals surface area (Å²) in [5.41, 5.74) is 0. The second kappa shape index (κ2) is 6.79. The minimum Gasteiger partial charge on any atom is -0.484 e. The van der Waals surface area contributed by atoms with Crippen LogP contribution in [-0.4, -0.2) is 49.9 Å². The van der Waals surface area contributed by atoms with E-state index < -0.39 is 9.84 Å². The predicted octanol–water partition coefficient (Wildman–Crippen LogP) is 1.86. The van der Waals surface area contributed by atoms with Crippen molar-refractivity contribution in [1.82, 2.24) is 4.90 Å². The van der Waals surface area contributed by atoms with Crippen LogP contribution >= 0.6 is 15.9 Å². The van der Waals surface area contributed by atoms with E-state index in [1.54, 1.807) is 17.0 Å². The number of halogens is 1. The molecule has 5 nitrogen and oxygen atoms in total. The molecule has 2 rings (SSSR count). The fourth-order valence-electron chi connectivity index (χ4n) is 2.42. The Bertz CT molecular complexity index is 600. The molecule has 1 amide bonds. The third kappa shape index (κ3) is 4.44. The Morgan fingerprint density at radius 2 is 2.05 bits per heavy atom. The summed E-state index contributed by atoms with van der Waals surface area (Å²) in [6.07, 6.45) is 0.514. The number of carbonyl (C=O) groups excluding carboxylic acids is 1. The van der Waals surface area contributed by atoms with Crippen molar-refractivity contribution in [2.75, 3.05) is 24.7 Å². The van der Waals surface area contributed by atoms with E-state index in [-0.39, 0.29) is 30.1 Å². The second-order valence-electron chi connectivity index (χ2n) is 4.98. The third-order valence-electron chi connectivity index (χ3n) is 3.49. The molecule has 0 aromatic heterocycles. The van der Waals surface area contributed by atoms with Crippen molar-refractivity contribution in [3.05, 3.63) is 28.7 Å². The van der Waals surface area contributed by atoms with Crippen molar-refractivity contribution in [1.29, 1.82) is 0 Å². The van der Waals surface area contributed by atoms with Gasteiger partial charge in [-0.05, 0) is 37.6 Å². The van der Waals surface area contributed by atoms with E-state index in [4.69, 9.17) is 4.74 Å². The number of ether oxygens (including phenoxy) is 1. The number of sulfone groups is 1. The Labute approximate surface area is 133 Å². The lowest BCUT2D eigenvalue weighted by molar-refractivity contribution is -0.135. The highest BCUT2D eigenvalue weighted by atomic mass is 79.9. The van der Waals surface area contributed by atoms with E-state index in [1.807, 2.05) is 19.1 Å². The van der Waals surface area contributed by atoms with Crippen molar-refractivity contribution >= 4 is 31.7 Å². The summed E-state index contributed by atoms with van der Waals surface area (Å²) in [6.45, 7) is 2.26. The number of likely N-dealkylation sites (N-methyl/N-ethyl adjacent to an activating group) is 1. The molecule has 0 spiro atoms. The molecule has 1 aromatic carbocycles. The molecule has 1 aromatic rings. The fraction of sp³-hybridized carbons (Fsp3) is 0.500. The minimum atomic E-state index is -3.00. The SMILES string of the molecule is CCN(C(=O)COc1ccc(Br)cc1)[C@H]1CCS(=O)(=O)C1. The summed E-state index contributed by atoms with van der Waals surface area (Å²) in [7, 11) is -3.00. The van der Waals surface area contributed by atoms with Crippen LogP contribution in [0.3, 0.4) is 0 Å². The quantitative estimate of drug-likeness (QED) is 0.787. The molecule has 1 saturated heterocycles. The van der Waals surface area contributed by atoms with E-state index in [0.717, 1.165) is 4.47 Å². The highest BCUT2D eigenvalue weighted by Crippen LogP contribution is 2.19. The maximum absolute atomic E-state index is 12.2. The summed E-state index contributed by atoms with van der Waals surface area (Å²) < 4.78 is 29.4. The van der Waals surface area contributed by atoms with Gasteiger partial charge in [-0.2, -0.15) is 0 Å². The van der Waals surface area contributed by atoms with Gasteiger partial charge in [0.2, 0.25) is 0 Å². The van der Waals surface area contributed by atoms with Crippen molar-refractivity contribution in [2.45, 2.75) is 19.4 Å². The van der Waals surface area contributed by atoms with Crippen molar-refractivity contribution < 1.29 is 17.9 Å². The van der Waals surface area contributed by atoms with Gasteiger partial charge in [-0.15, -0.1) is 0 Å². The van der Waals surface area contributed by atoms with Gasteiger partial charge in [0.15, 0.2) is 16.4 Å². The first-order valence-corrected chi connectivity index (χ1v) is 9.41. The van der Waals surface area contributed by atoms with Gasteiger partial charge in [-0.3, -0.25) is 4.79 Å². The minimum absolute atomic E-state index is 0.0604. The van der Waals surface area contributed by atoms with Crippen LogP contribution in [0.5, 0.6) is 5.75 Å². The van der Waals surface area contributed by atoms with Crippen molar-refractivity contribution in [3.63, 3.8) is 0 Å². The number of hydrogen-bond donors (Lipinski definition) is 0. The molecular formula is C14H18BrNO4S. The number of benzene rings is 1. The molecule has 116 valence electrons. The molecule has 1 fully saturated rings. The zero-order chi connectivity index (χ0) is 15.5. The third-order valence-corrected chi connectivity index (χ3v) is 5.77. The molecule has 1 aliphatic heterocycles. The van der Waals surface area contributed by atoms with Crippen LogP contribution in [0.4, 0.5) is 0 Å². The number of amides is 1. The van der Waals surface area contributed by atoms with E-state index in [2.05, 4.69) is 15.9 Å². The van der Waals surface area contributed by atoms with Crippen molar-refractivity contribution in [3.8, 4) is 5.75 Å². The topological polar surface area (TPSA) is 63.7 Å². The number of rotatable bonds is 5. The normalized spacial score (nSPS) is 20.2. The molecule has 0 saturated carbocycles. The van der Waals surface area contributed by atoms with Crippen molar-refractivity contribution in [2.24, 2.45) is 0 Å². The molecule has 0 aliphatic carbocycles. The van der Waals surface area contributed by atoms with E-state index in [0.29, 0.717) is 18.7 Å². The molecule has 7 heteroatoms. The second-order valence-corrected chi connectivity index (χ2v) is 8.12. The van der Waals surface area contributed by atoms with Crippen LogP contribution in [0.15, 0.2) is 28.7 Å². The van der Waals surface area contributed by atoms with Gasteiger partial charge < -0.3 is 9.64 Å². The van der Waals surface area contributed by atoms with Gasteiger partial charge in [0.05, 0.1) is 11.5 Å². The van der Waals surface area contributed by atoms with Crippen LogP contribution in [0.2, 0.25) is 0 Å². The largest absolute Gasteiger partial charge is 0.484 e. The molecular weight excluding hydrogens is 358 g/mol. The molecule has 1 atom stereocenters. The smallest absolute Gasteiger partial charge is 0.260 e. The van der Waals surface area contributed by atoms with Crippen LogP contribution in [0.25, 0.3) is 0 Å². The number of carbonyl (C=O) groups is 1. The Balaban J connectivity index is 1.93. The van der Waals surface area contributed by atoms with E-state index in [9.17, 15) is 13.2 Å². The predicted molar refractivity (Wildman–Crippen MR) is 84.1 cm³/mol. The first-order valence-electron chi connectivity index (χ1n) is 6.79. The Morgan fingerprint density at radius 3 is 2.57 bits per heavy atom. The summed E-state index contributed by atoms with van der Waals surface area (Å²) >= 11 is 3.33. The van der Waals surface area contributed by atoms with Crippen LogP contribution in [-0.2, 0) is 14.6 Å². The average molecular weight is 376 g/mol. The van der Waals surface area contributed by atoms with Crippen LogP contribution in [0, 0.1) is 0 Å². The number of nitrogens with zero attached hydrogens (tertiary/aromatic N) is 1. The molecule has 0 radical (unpaired) electrons. The van der Waals surface area contributed by atoms with E-state index in [1.165, 1.54) is 0 Å². The van der Waals surface area contributed by atoms with Gasteiger partial charge in [0.25, 0.3) is 5.91 Å². The molecule has 1 aliphatic rings. The molecule has 21 heavy (non-hydrogen) atoms. The van der Waals surface area contributed by atoms with Crippen LogP contribution < -0.4 is 4.74 Å². The van der Waals surface area contributed by atoms with Gasteiger partial charge in [0, 0.05) is 17.1 Å². The van der Waals surface area contributed by atoms with Gasteiger partial charge in [-0.25, -0.2) is 8.42 Å². The standard InChI is InChI=1S/C14H18BrNO4S/c1-2-16(12-7-8-21(18,19)10-12)14(17)9-20-13-5-3-11(15)4-6-13/h3-6,12H,2,7-10H2,1H3/t12-/m0/s1. The number of hydrogen-bond acceptors (Lipinski definition) is 4. The molecule has 0 unspecified atom stereocenters. The summed E-state index contributed by atoms with van der Waals surface area (Å²) in [4.78, 5) is 13.8. The highest BCUT2D eigenvalue weighted by molar-refractivity contribution is 9.10. The molecule has 1 heterocycles. The zero-order valence-corrected chi connectivity index (χ0v) is 14.2. The van der Waals surface area contributed by atoms with Gasteiger partial charge in [0.1, 0.15) is 5.75 Å². The summed E-state index contributed by atoms with van der Waals surface area (Å²) in [6, 6.07) is 6.99. The lowest BCUT2D eigenvalue weighted by Crippen LogP contribution is -2.43.